The van der Waals surface area contributed by atoms with Crippen molar-refractivity contribution in [1.82, 2.24) is 5.32 Å². The molecule has 1 saturated carbocycles. The summed E-state index contributed by atoms with van der Waals surface area (Å²) in [6.07, 6.45) is 1.57. The lowest BCUT2D eigenvalue weighted by atomic mass is 9.85. The molecule has 0 radical (unpaired) electrons. The molecule has 1 aliphatic carbocycles. The number of carbonyl (C=O) groups excluding carboxylic acids is 2. The summed E-state index contributed by atoms with van der Waals surface area (Å²) in [5, 5.41) is 2.71. The Labute approximate surface area is 140 Å². The van der Waals surface area contributed by atoms with E-state index < -0.39 is 30.2 Å². The van der Waals surface area contributed by atoms with E-state index in [1.165, 1.54) is 0 Å². The molecule has 4 nitrogen and oxygen atoms in total. The monoisotopic (exact) mass is 336 g/mol. The molecule has 2 aliphatic rings. The van der Waals surface area contributed by atoms with Gasteiger partial charge in [-0.15, -0.1) is 0 Å². The number of nitrogens with one attached hydrogen (secondary N) is 1. The molecule has 2 amide bonds. The highest BCUT2D eigenvalue weighted by atomic mass is 19.3. The predicted octanol–water partition coefficient (Wildman–Crippen LogP) is 3.12. The standard InChI is InChI=1S/C18H22F2N2O2/c19-18(20)10-4-6-13(12-18)16(23)21-15-9-5-11-22(17(15)24)14-7-2-1-3-8-14/h1-3,7-8,13,15H,4-6,9-12H2,(H,21,23). The number of carbonyl (C=O) groups is 2. The first kappa shape index (κ1) is 16.9. The number of piperidine rings is 1. The van der Waals surface area contributed by atoms with Gasteiger partial charge in [0.15, 0.2) is 0 Å². The summed E-state index contributed by atoms with van der Waals surface area (Å²) >= 11 is 0. The Bertz CT molecular complexity index is 606. The van der Waals surface area contributed by atoms with Crippen molar-refractivity contribution in [3.63, 3.8) is 0 Å². The van der Waals surface area contributed by atoms with Crippen molar-refractivity contribution in [3.8, 4) is 0 Å². The second kappa shape index (κ2) is 6.87. The fourth-order valence-electron chi connectivity index (χ4n) is 3.56. The molecular weight excluding hydrogens is 314 g/mol. The summed E-state index contributed by atoms with van der Waals surface area (Å²) in [6, 6.07) is 8.67. The molecule has 1 saturated heterocycles. The number of hydrogen-bond acceptors (Lipinski definition) is 2. The van der Waals surface area contributed by atoms with Gasteiger partial charge < -0.3 is 10.2 Å². The molecule has 1 heterocycles. The summed E-state index contributed by atoms with van der Waals surface area (Å²) in [5.41, 5.74) is 0.797. The third-order valence-electron chi connectivity index (χ3n) is 4.83. The van der Waals surface area contributed by atoms with Crippen molar-refractivity contribution >= 4 is 17.5 Å². The van der Waals surface area contributed by atoms with Gasteiger partial charge in [-0.05, 0) is 37.8 Å². The van der Waals surface area contributed by atoms with Crippen molar-refractivity contribution < 1.29 is 18.4 Å². The molecule has 3 rings (SSSR count). The van der Waals surface area contributed by atoms with Gasteiger partial charge in [0.2, 0.25) is 17.7 Å². The fraction of sp³-hybridized carbons (Fsp3) is 0.556. The molecule has 0 bridgehead atoms. The van der Waals surface area contributed by atoms with Crippen LogP contribution >= 0.6 is 0 Å². The van der Waals surface area contributed by atoms with Gasteiger partial charge in [0, 0.05) is 31.0 Å². The van der Waals surface area contributed by atoms with Crippen LogP contribution in [0.5, 0.6) is 0 Å². The number of para-hydroxylation sites is 1. The molecule has 0 aromatic heterocycles. The van der Waals surface area contributed by atoms with E-state index in [0.29, 0.717) is 25.8 Å². The molecule has 1 aliphatic heterocycles. The number of amides is 2. The van der Waals surface area contributed by atoms with Crippen LogP contribution in [0.3, 0.4) is 0 Å². The summed E-state index contributed by atoms with van der Waals surface area (Å²) in [6.45, 7) is 0.608. The number of nitrogens with zero attached hydrogens (tertiary/aromatic N) is 1. The maximum atomic E-state index is 13.5. The Kier molecular flexibility index (Phi) is 4.83. The zero-order valence-electron chi connectivity index (χ0n) is 13.5. The van der Waals surface area contributed by atoms with Crippen LogP contribution in [-0.4, -0.2) is 30.3 Å². The highest BCUT2D eigenvalue weighted by Crippen LogP contribution is 2.36. The van der Waals surface area contributed by atoms with E-state index in [4.69, 9.17) is 0 Å². The van der Waals surface area contributed by atoms with E-state index in [1.807, 2.05) is 30.3 Å². The molecular formula is C18H22F2N2O2. The van der Waals surface area contributed by atoms with E-state index in [9.17, 15) is 18.4 Å². The Morgan fingerprint density at radius 3 is 2.62 bits per heavy atom. The van der Waals surface area contributed by atoms with E-state index in [1.54, 1.807) is 4.90 Å². The Morgan fingerprint density at radius 2 is 1.92 bits per heavy atom. The first-order valence-corrected chi connectivity index (χ1v) is 8.51. The Morgan fingerprint density at radius 1 is 1.17 bits per heavy atom. The minimum Gasteiger partial charge on any atom is -0.344 e. The highest BCUT2D eigenvalue weighted by molar-refractivity contribution is 6.00. The second-order valence-corrected chi connectivity index (χ2v) is 6.68. The number of halogens is 2. The highest BCUT2D eigenvalue weighted by Gasteiger charge is 2.40. The zero-order chi connectivity index (χ0) is 17.2. The zero-order valence-corrected chi connectivity index (χ0v) is 13.5. The van der Waals surface area contributed by atoms with Crippen molar-refractivity contribution in [2.45, 2.75) is 50.5 Å². The number of rotatable bonds is 3. The third-order valence-corrected chi connectivity index (χ3v) is 4.83. The quantitative estimate of drug-likeness (QED) is 0.922. The van der Waals surface area contributed by atoms with Crippen LogP contribution in [0.15, 0.2) is 30.3 Å². The third kappa shape index (κ3) is 3.74. The van der Waals surface area contributed by atoms with E-state index >= 15 is 0 Å². The van der Waals surface area contributed by atoms with Crippen LogP contribution in [0.25, 0.3) is 0 Å². The van der Waals surface area contributed by atoms with Crippen LogP contribution in [0.4, 0.5) is 14.5 Å². The van der Waals surface area contributed by atoms with Crippen molar-refractivity contribution in [1.29, 1.82) is 0 Å². The SMILES string of the molecule is O=C(NC1CCCN(c2ccccc2)C1=O)C1CCCC(F)(F)C1. The lowest BCUT2D eigenvalue weighted by Crippen LogP contribution is -2.54. The van der Waals surface area contributed by atoms with Crippen molar-refractivity contribution in [3.05, 3.63) is 30.3 Å². The van der Waals surface area contributed by atoms with E-state index in [-0.39, 0.29) is 12.3 Å². The van der Waals surface area contributed by atoms with Crippen LogP contribution in [-0.2, 0) is 9.59 Å². The first-order valence-electron chi connectivity index (χ1n) is 8.51. The van der Waals surface area contributed by atoms with Crippen molar-refractivity contribution in [2.75, 3.05) is 11.4 Å². The largest absolute Gasteiger partial charge is 0.344 e. The van der Waals surface area contributed by atoms with Gasteiger partial charge in [-0.2, -0.15) is 0 Å². The summed E-state index contributed by atoms with van der Waals surface area (Å²) in [4.78, 5) is 26.6. The lowest BCUT2D eigenvalue weighted by molar-refractivity contribution is -0.135. The van der Waals surface area contributed by atoms with Gasteiger partial charge in [-0.3, -0.25) is 9.59 Å². The van der Waals surface area contributed by atoms with Crippen LogP contribution in [0, 0.1) is 5.92 Å². The van der Waals surface area contributed by atoms with E-state index in [2.05, 4.69) is 5.32 Å². The maximum Gasteiger partial charge on any atom is 0.249 e. The van der Waals surface area contributed by atoms with Gasteiger partial charge in [-0.1, -0.05) is 18.2 Å². The Hall–Kier alpha value is -1.98. The second-order valence-electron chi connectivity index (χ2n) is 6.68. The van der Waals surface area contributed by atoms with Gasteiger partial charge in [0.25, 0.3) is 0 Å². The molecule has 2 unspecified atom stereocenters. The van der Waals surface area contributed by atoms with Gasteiger partial charge in [-0.25, -0.2) is 8.78 Å². The van der Waals surface area contributed by atoms with E-state index in [0.717, 1.165) is 12.1 Å². The molecule has 6 heteroatoms. The molecule has 1 aromatic carbocycles. The lowest BCUT2D eigenvalue weighted by Gasteiger charge is -2.34. The summed E-state index contributed by atoms with van der Waals surface area (Å²) in [5.74, 6) is -4.05. The van der Waals surface area contributed by atoms with Gasteiger partial charge in [0.1, 0.15) is 6.04 Å². The van der Waals surface area contributed by atoms with Crippen LogP contribution in [0.1, 0.15) is 38.5 Å². The fourth-order valence-corrected chi connectivity index (χ4v) is 3.56. The normalized spacial score (nSPS) is 26.9. The molecule has 130 valence electrons. The molecule has 0 spiro atoms. The van der Waals surface area contributed by atoms with Crippen LogP contribution in [0.2, 0.25) is 0 Å². The molecule has 1 aromatic rings. The molecule has 2 fully saturated rings. The minimum absolute atomic E-state index is 0.152. The average molecular weight is 336 g/mol. The number of hydrogen-bond donors (Lipinski definition) is 1. The van der Waals surface area contributed by atoms with Gasteiger partial charge >= 0.3 is 0 Å². The minimum atomic E-state index is -2.77. The smallest absolute Gasteiger partial charge is 0.249 e. The van der Waals surface area contributed by atoms with Crippen LogP contribution < -0.4 is 10.2 Å². The first-order chi connectivity index (χ1) is 11.5. The number of anilines is 1. The topological polar surface area (TPSA) is 49.4 Å². The Balaban J connectivity index is 1.64. The molecule has 2 atom stereocenters. The number of benzene rings is 1. The van der Waals surface area contributed by atoms with Crippen molar-refractivity contribution in [2.24, 2.45) is 5.92 Å². The molecule has 24 heavy (non-hydrogen) atoms. The average Bonchev–Trinajstić information content (AvgIpc) is 2.56. The maximum absolute atomic E-state index is 13.5. The van der Waals surface area contributed by atoms with Gasteiger partial charge in [0.05, 0.1) is 0 Å². The summed E-state index contributed by atoms with van der Waals surface area (Å²) < 4.78 is 27.0. The number of alkyl halides is 2. The predicted molar refractivity (Wildman–Crippen MR) is 86.9 cm³/mol. The molecule has 1 N–H and O–H groups in total. The summed E-state index contributed by atoms with van der Waals surface area (Å²) in [7, 11) is 0.